The van der Waals surface area contributed by atoms with Crippen LogP contribution >= 0.6 is 11.3 Å². The zero-order chi connectivity index (χ0) is 23.5. The molecule has 4 rings (SSSR count). The quantitative estimate of drug-likeness (QED) is 0.424. The predicted octanol–water partition coefficient (Wildman–Crippen LogP) is 3.42. The molecule has 0 saturated carbocycles. The molecule has 1 amide bonds. The Morgan fingerprint density at radius 3 is 2.70 bits per heavy atom. The van der Waals surface area contributed by atoms with Crippen LogP contribution in [0.5, 0.6) is 11.6 Å². The normalized spacial score (nSPS) is 12.0. The summed E-state index contributed by atoms with van der Waals surface area (Å²) in [4.78, 5) is 28.2. The third-order valence-corrected chi connectivity index (χ3v) is 6.48. The predicted molar refractivity (Wildman–Crippen MR) is 125 cm³/mol. The topological polar surface area (TPSA) is 100 Å². The van der Waals surface area contributed by atoms with Crippen molar-refractivity contribution < 1.29 is 19.0 Å². The molecule has 4 aromatic rings. The molecule has 0 fully saturated rings. The van der Waals surface area contributed by atoms with Crippen molar-refractivity contribution in [2.45, 2.75) is 19.6 Å². The van der Waals surface area contributed by atoms with Crippen LogP contribution < -0.4 is 14.8 Å². The number of hydrogen-bond acceptors (Lipinski definition) is 8. The van der Waals surface area contributed by atoms with Crippen molar-refractivity contribution in [2.24, 2.45) is 7.05 Å². The number of methoxy groups -OCH3 is 3. The molecule has 0 spiro atoms. The monoisotopic (exact) mass is 467 g/mol. The summed E-state index contributed by atoms with van der Waals surface area (Å²) in [5.74, 6) is 2.09. The van der Waals surface area contributed by atoms with Crippen molar-refractivity contribution >= 4 is 27.5 Å². The summed E-state index contributed by atoms with van der Waals surface area (Å²) in [6.45, 7) is 2.12. The molecule has 0 saturated heterocycles. The summed E-state index contributed by atoms with van der Waals surface area (Å²) in [5.41, 5.74) is 1.62. The molecule has 3 aromatic heterocycles. The number of fused-ring (bicyclic) bond motifs is 1. The minimum Gasteiger partial charge on any atom is -0.497 e. The number of rotatable bonds is 8. The van der Waals surface area contributed by atoms with Gasteiger partial charge in [-0.15, -0.1) is 11.3 Å². The zero-order valence-electron chi connectivity index (χ0n) is 19.1. The van der Waals surface area contributed by atoms with E-state index in [0.29, 0.717) is 33.0 Å². The van der Waals surface area contributed by atoms with Crippen LogP contribution in [-0.2, 0) is 18.4 Å². The summed E-state index contributed by atoms with van der Waals surface area (Å²) in [7, 11) is 6.63. The van der Waals surface area contributed by atoms with Crippen LogP contribution in [0.15, 0.2) is 36.7 Å². The number of imidazole rings is 1. The lowest BCUT2D eigenvalue weighted by atomic mass is 10.1. The molecular formula is C23H25N5O4S. The molecule has 1 N–H and O–H groups in total. The van der Waals surface area contributed by atoms with Crippen LogP contribution in [0.3, 0.4) is 0 Å². The van der Waals surface area contributed by atoms with Gasteiger partial charge in [0.15, 0.2) is 5.82 Å². The second-order valence-electron chi connectivity index (χ2n) is 7.40. The molecule has 9 nitrogen and oxygen atoms in total. The fraction of sp³-hybridized carbons (Fsp3) is 0.304. The average Bonchev–Trinajstić information content (AvgIpc) is 3.40. The van der Waals surface area contributed by atoms with E-state index in [9.17, 15) is 4.79 Å². The van der Waals surface area contributed by atoms with Crippen LogP contribution in [0.2, 0.25) is 0 Å². The Morgan fingerprint density at radius 2 is 2.03 bits per heavy atom. The Morgan fingerprint density at radius 1 is 1.21 bits per heavy atom. The van der Waals surface area contributed by atoms with Gasteiger partial charge in [-0.1, -0.05) is 12.1 Å². The van der Waals surface area contributed by atoms with E-state index >= 15 is 0 Å². The molecule has 3 heterocycles. The molecule has 0 aliphatic heterocycles. The maximum Gasteiger partial charge on any atom is 0.262 e. The number of nitrogens with zero attached hydrogens (tertiary/aromatic N) is 4. The first-order chi connectivity index (χ1) is 16.0. The highest BCUT2D eigenvalue weighted by Crippen LogP contribution is 2.35. The van der Waals surface area contributed by atoms with E-state index in [4.69, 9.17) is 14.2 Å². The van der Waals surface area contributed by atoms with Gasteiger partial charge in [-0.25, -0.2) is 9.97 Å². The van der Waals surface area contributed by atoms with Crippen molar-refractivity contribution in [3.8, 4) is 11.6 Å². The van der Waals surface area contributed by atoms with Crippen molar-refractivity contribution in [3.05, 3.63) is 64.3 Å². The summed E-state index contributed by atoms with van der Waals surface area (Å²) in [6.07, 6.45) is 3.55. The van der Waals surface area contributed by atoms with E-state index in [0.717, 1.165) is 16.5 Å². The second kappa shape index (κ2) is 9.55. The van der Waals surface area contributed by atoms with E-state index in [1.807, 2.05) is 49.0 Å². The lowest BCUT2D eigenvalue weighted by molar-refractivity contribution is 0.0944. The minimum absolute atomic E-state index is 0.235. The number of hydrogen-bond donors (Lipinski definition) is 1. The highest BCUT2D eigenvalue weighted by molar-refractivity contribution is 7.20. The van der Waals surface area contributed by atoms with Crippen LogP contribution in [0.4, 0.5) is 0 Å². The number of carbonyl (C=O) groups is 1. The standard InChI is InChI=1S/C23H25N5O4S/c1-13-17-22(32-5)25-16(12-30-3)26-23(17)33-19(13)21(29)27-18(20-24-9-10-28(20)2)14-7-6-8-15(11-14)31-4/h6-11,18H,12H2,1-5H3,(H,27,29). The Kier molecular flexibility index (Phi) is 6.57. The Labute approximate surface area is 195 Å². The molecule has 33 heavy (non-hydrogen) atoms. The number of nitrogens with one attached hydrogen (secondary N) is 1. The number of aryl methyl sites for hydroxylation is 2. The third kappa shape index (κ3) is 4.39. The SMILES string of the molecule is COCc1nc(OC)c2c(C)c(C(=O)NC(c3cccc(OC)c3)c3nccn3C)sc2n1. The van der Waals surface area contributed by atoms with E-state index in [1.165, 1.54) is 11.3 Å². The fourth-order valence-electron chi connectivity index (χ4n) is 3.67. The fourth-order valence-corrected chi connectivity index (χ4v) is 4.77. The molecule has 10 heteroatoms. The highest BCUT2D eigenvalue weighted by atomic mass is 32.1. The maximum atomic E-state index is 13.5. The molecule has 0 radical (unpaired) electrons. The molecule has 172 valence electrons. The molecule has 1 aromatic carbocycles. The van der Waals surface area contributed by atoms with E-state index in [1.54, 1.807) is 27.5 Å². The first-order valence-electron chi connectivity index (χ1n) is 10.2. The zero-order valence-corrected chi connectivity index (χ0v) is 19.9. The summed E-state index contributed by atoms with van der Waals surface area (Å²) < 4.78 is 17.9. The summed E-state index contributed by atoms with van der Waals surface area (Å²) in [5, 5.41) is 3.87. The van der Waals surface area contributed by atoms with Crippen LogP contribution in [-0.4, -0.2) is 46.8 Å². The first-order valence-corrected chi connectivity index (χ1v) is 11.0. The van der Waals surface area contributed by atoms with Gasteiger partial charge in [0.05, 0.1) is 24.5 Å². The number of carbonyl (C=O) groups excluding carboxylic acids is 1. The van der Waals surface area contributed by atoms with Gasteiger partial charge in [0.1, 0.15) is 29.1 Å². The number of benzene rings is 1. The third-order valence-electron chi connectivity index (χ3n) is 5.30. The van der Waals surface area contributed by atoms with Crippen LogP contribution in [0.25, 0.3) is 10.2 Å². The lowest BCUT2D eigenvalue weighted by Gasteiger charge is -2.19. The largest absolute Gasteiger partial charge is 0.497 e. The Hall–Kier alpha value is -3.50. The van der Waals surface area contributed by atoms with Gasteiger partial charge in [0.2, 0.25) is 5.88 Å². The smallest absolute Gasteiger partial charge is 0.262 e. The van der Waals surface area contributed by atoms with Gasteiger partial charge in [0, 0.05) is 26.6 Å². The van der Waals surface area contributed by atoms with Gasteiger partial charge in [-0.05, 0) is 30.2 Å². The van der Waals surface area contributed by atoms with E-state index < -0.39 is 6.04 Å². The molecular weight excluding hydrogens is 442 g/mol. The van der Waals surface area contributed by atoms with Crippen molar-refractivity contribution in [2.75, 3.05) is 21.3 Å². The molecule has 0 bridgehead atoms. The highest BCUT2D eigenvalue weighted by Gasteiger charge is 2.26. The van der Waals surface area contributed by atoms with Crippen LogP contribution in [0.1, 0.15) is 38.5 Å². The Balaban J connectivity index is 1.75. The number of thiophene rings is 1. The van der Waals surface area contributed by atoms with Gasteiger partial charge in [0.25, 0.3) is 5.91 Å². The molecule has 1 unspecified atom stereocenters. The second-order valence-corrected chi connectivity index (χ2v) is 8.40. The lowest BCUT2D eigenvalue weighted by Crippen LogP contribution is -2.31. The van der Waals surface area contributed by atoms with Gasteiger partial charge >= 0.3 is 0 Å². The molecule has 0 aliphatic rings. The van der Waals surface area contributed by atoms with E-state index in [2.05, 4.69) is 20.3 Å². The van der Waals surface area contributed by atoms with E-state index in [-0.39, 0.29) is 12.5 Å². The number of amides is 1. The average molecular weight is 468 g/mol. The van der Waals surface area contributed by atoms with Gasteiger partial charge in [-0.2, -0.15) is 4.98 Å². The molecule has 1 atom stereocenters. The van der Waals surface area contributed by atoms with Crippen LogP contribution in [0, 0.1) is 6.92 Å². The first kappa shape index (κ1) is 22.7. The number of ether oxygens (including phenoxy) is 3. The van der Waals surface area contributed by atoms with Gasteiger partial charge < -0.3 is 24.1 Å². The van der Waals surface area contributed by atoms with Gasteiger partial charge in [-0.3, -0.25) is 4.79 Å². The number of aromatic nitrogens is 4. The summed E-state index contributed by atoms with van der Waals surface area (Å²) >= 11 is 1.30. The Bertz CT molecular complexity index is 1300. The molecule has 0 aliphatic carbocycles. The van der Waals surface area contributed by atoms with Crippen molar-refractivity contribution in [1.82, 2.24) is 24.8 Å². The summed E-state index contributed by atoms with van der Waals surface area (Å²) in [6, 6.07) is 7.10. The minimum atomic E-state index is -0.478. The van der Waals surface area contributed by atoms with Crippen molar-refractivity contribution in [3.63, 3.8) is 0 Å². The van der Waals surface area contributed by atoms with Crippen molar-refractivity contribution in [1.29, 1.82) is 0 Å². The maximum absolute atomic E-state index is 13.5.